The summed E-state index contributed by atoms with van der Waals surface area (Å²) < 4.78 is 0. The van der Waals surface area contributed by atoms with Crippen LogP contribution in [0.1, 0.15) is 25.7 Å². The lowest BCUT2D eigenvalue weighted by Gasteiger charge is -2.24. The predicted octanol–water partition coefficient (Wildman–Crippen LogP) is 0.561. The van der Waals surface area contributed by atoms with Crippen molar-refractivity contribution in [3.05, 3.63) is 24.6 Å². The molecule has 0 aromatic heterocycles. The summed E-state index contributed by atoms with van der Waals surface area (Å²) >= 11 is 0. The molecule has 0 heterocycles. The van der Waals surface area contributed by atoms with Crippen LogP contribution in [0.3, 0.4) is 0 Å². The van der Waals surface area contributed by atoms with Crippen LogP contribution in [-0.4, -0.2) is 42.6 Å². The van der Waals surface area contributed by atoms with Crippen molar-refractivity contribution in [2.45, 2.75) is 31.7 Å². The molecule has 6 nitrogen and oxygen atoms in total. The molecule has 2 amide bonds. The van der Waals surface area contributed by atoms with Gasteiger partial charge < -0.3 is 16.0 Å². The van der Waals surface area contributed by atoms with E-state index in [9.17, 15) is 9.59 Å². The van der Waals surface area contributed by atoms with Gasteiger partial charge in [-0.1, -0.05) is 25.5 Å². The van der Waals surface area contributed by atoms with Crippen LogP contribution in [0.25, 0.3) is 0 Å². The zero-order chi connectivity index (χ0) is 15.0. The van der Waals surface area contributed by atoms with Crippen LogP contribution < -0.4 is 11.1 Å². The SMILES string of the molecule is C=CC=N/C(=C\N)C(=O)NCC(=O)N(C)C1CCCC1. The Balaban J connectivity index is 2.45. The Morgan fingerprint density at radius 3 is 2.65 bits per heavy atom. The van der Waals surface area contributed by atoms with E-state index in [4.69, 9.17) is 5.73 Å². The van der Waals surface area contributed by atoms with Crippen molar-refractivity contribution >= 4 is 18.0 Å². The number of nitrogens with zero attached hydrogens (tertiary/aromatic N) is 2. The van der Waals surface area contributed by atoms with Gasteiger partial charge in [0.15, 0.2) is 0 Å². The second-order valence-electron chi connectivity index (χ2n) is 4.69. The Morgan fingerprint density at radius 2 is 2.10 bits per heavy atom. The summed E-state index contributed by atoms with van der Waals surface area (Å²) in [5.41, 5.74) is 5.37. The van der Waals surface area contributed by atoms with E-state index in [1.807, 2.05) is 0 Å². The minimum absolute atomic E-state index is 0.0488. The number of aliphatic imine (C=N–C) groups is 1. The highest BCUT2D eigenvalue weighted by Gasteiger charge is 2.23. The molecule has 0 atom stereocenters. The van der Waals surface area contributed by atoms with Crippen molar-refractivity contribution < 1.29 is 9.59 Å². The summed E-state index contributed by atoms with van der Waals surface area (Å²) in [6.07, 6.45) is 8.29. The summed E-state index contributed by atoms with van der Waals surface area (Å²) in [6, 6.07) is 0.294. The normalized spacial score (nSPS) is 16.4. The van der Waals surface area contributed by atoms with E-state index in [2.05, 4.69) is 16.9 Å². The van der Waals surface area contributed by atoms with Gasteiger partial charge in [0.2, 0.25) is 5.91 Å². The largest absolute Gasteiger partial charge is 0.403 e. The first-order chi connectivity index (χ1) is 9.60. The Bertz CT molecular complexity index is 423. The molecule has 1 rings (SSSR count). The Labute approximate surface area is 119 Å². The molecular formula is C14H22N4O2. The Kier molecular flexibility index (Phi) is 6.49. The van der Waals surface area contributed by atoms with E-state index >= 15 is 0 Å². The zero-order valence-corrected chi connectivity index (χ0v) is 11.8. The van der Waals surface area contributed by atoms with Crippen LogP contribution in [0, 0.1) is 0 Å². The molecule has 0 aliphatic heterocycles. The van der Waals surface area contributed by atoms with E-state index in [0.29, 0.717) is 6.04 Å². The first-order valence-corrected chi connectivity index (χ1v) is 6.71. The highest BCUT2D eigenvalue weighted by Crippen LogP contribution is 2.22. The van der Waals surface area contributed by atoms with E-state index in [0.717, 1.165) is 31.9 Å². The fourth-order valence-corrected chi connectivity index (χ4v) is 2.18. The number of nitrogens with two attached hydrogens (primary N) is 1. The molecule has 0 saturated heterocycles. The molecule has 0 aromatic carbocycles. The Morgan fingerprint density at radius 1 is 1.45 bits per heavy atom. The van der Waals surface area contributed by atoms with Gasteiger partial charge in [0.25, 0.3) is 5.91 Å². The van der Waals surface area contributed by atoms with Gasteiger partial charge in [0.05, 0.1) is 6.54 Å². The third-order valence-electron chi connectivity index (χ3n) is 3.38. The monoisotopic (exact) mass is 278 g/mol. The van der Waals surface area contributed by atoms with Gasteiger partial charge in [0, 0.05) is 25.5 Å². The summed E-state index contributed by atoms with van der Waals surface area (Å²) in [7, 11) is 1.78. The summed E-state index contributed by atoms with van der Waals surface area (Å²) in [5.74, 6) is -0.576. The molecule has 1 aliphatic carbocycles. The molecule has 0 spiro atoms. The van der Waals surface area contributed by atoms with Crippen LogP contribution in [0.15, 0.2) is 29.5 Å². The molecular weight excluding hydrogens is 256 g/mol. The lowest BCUT2D eigenvalue weighted by atomic mass is 10.2. The first-order valence-electron chi connectivity index (χ1n) is 6.71. The number of carbonyl (C=O) groups is 2. The number of hydrogen-bond donors (Lipinski definition) is 2. The number of likely N-dealkylation sites (N-methyl/N-ethyl adjacent to an activating group) is 1. The fourth-order valence-electron chi connectivity index (χ4n) is 2.18. The van der Waals surface area contributed by atoms with Gasteiger partial charge in [-0.2, -0.15) is 0 Å². The highest BCUT2D eigenvalue weighted by molar-refractivity contribution is 5.97. The molecule has 0 bridgehead atoms. The van der Waals surface area contributed by atoms with E-state index in [1.165, 1.54) is 12.3 Å². The van der Waals surface area contributed by atoms with Gasteiger partial charge >= 0.3 is 0 Å². The minimum Gasteiger partial charge on any atom is -0.403 e. The van der Waals surface area contributed by atoms with E-state index in [1.54, 1.807) is 11.9 Å². The number of amides is 2. The van der Waals surface area contributed by atoms with Crippen molar-refractivity contribution in [2.24, 2.45) is 10.7 Å². The maximum atomic E-state index is 12.0. The second-order valence-corrected chi connectivity index (χ2v) is 4.69. The van der Waals surface area contributed by atoms with Crippen molar-refractivity contribution in [3.63, 3.8) is 0 Å². The van der Waals surface area contributed by atoms with Crippen LogP contribution >= 0.6 is 0 Å². The lowest BCUT2D eigenvalue weighted by Crippen LogP contribution is -2.42. The third-order valence-corrected chi connectivity index (χ3v) is 3.38. The maximum absolute atomic E-state index is 12.0. The molecule has 1 saturated carbocycles. The van der Waals surface area contributed by atoms with Gasteiger partial charge in [-0.3, -0.25) is 9.59 Å². The number of allylic oxidation sites excluding steroid dienone is 1. The highest BCUT2D eigenvalue weighted by atomic mass is 16.2. The van der Waals surface area contributed by atoms with Crippen molar-refractivity contribution in [1.82, 2.24) is 10.2 Å². The van der Waals surface area contributed by atoms with E-state index in [-0.39, 0.29) is 18.1 Å². The van der Waals surface area contributed by atoms with Crippen LogP contribution in [0.4, 0.5) is 0 Å². The summed E-state index contributed by atoms with van der Waals surface area (Å²) in [6.45, 7) is 3.41. The van der Waals surface area contributed by atoms with Crippen LogP contribution in [-0.2, 0) is 9.59 Å². The minimum atomic E-state index is -0.473. The van der Waals surface area contributed by atoms with Crippen molar-refractivity contribution in [1.29, 1.82) is 0 Å². The third kappa shape index (κ3) is 4.53. The molecule has 0 aromatic rings. The summed E-state index contributed by atoms with van der Waals surface area (Å²) in [4.78, 5) is 29.2. The molecule has 3 N–H and O–H groups in total. The topological polar surface area (TPSA) is 87.8 Å². The smallest absolute Gasteiger partial charge is 0.271 e. The van der Waals surface area contributed by atoms with E-state index < -0.39 is 5.91 Å². The van der Waals surface area contributed by atoms with Crippen LogP contribution in [0.2, 0.25) is 0 Å². The van der Waals surface area contributed by atoms with Gasteiger partial charge in [-0.15, -0.1) is 0 Å². The standard InChI is InChI=1S/C14H22N4O2/c1-3-8-16-12(9-15)14(20)17-10-13(19)18(2)11-6-4-5-7-11/h3,8-9,11H,1,4-7,10,15H2,2H3,(H,17,20)/b12-9-,16-8?. The molecule has 20 heavy (non-hydrogen) atoms. The predicted molar refractivity (Wildman–Crippen MR) is 79.0 cm³/mol. The number of carbonyl (C=O) groups excluding carboxylic acids is 2. The van der Waals surface area contributed by atoms with Crippen molar-refractivity contribution in [2.75, 3.05) is 13.6 Å². The van der Waals surface area contributed by atoms with Crippen molar-refractivity contribution in [3.8, 4) is 0 Å². The molecule has 6 heteroatoms. The quantitative estimate of drug-likeness (QED) is 0.549. The first kappa shape index (κ1) is 15.9. The molecule has 110 valence electrons. The fraction of sp³-hybridized carbons (Fsp3) is 0.500. The number of rotatable bonds is 6. The van der Waals surface area contributed by atoms with Gasteiger partial charge in [0.1, 0.15) is 5.70 Å². The maximum Gasteiger partial charge on any atom is 0.271 e. The van der Waals surface area contributed by atoms with Crippen LogP contribution in [0.5, 0.6) is 0 Å². The average Bonchev–Trinajstić information content (AvgIpc) is 2.98. The zero-order valence-electron chi connectivity index (χ0n) is 11.8. The summed E-state index contributed by atoms with van der Waals surface area (Å²) in [5, 5.41) is 2.52. The average molecular weight is 278 g/mol. The lowest BCUT2D eigenvalue weighted by molar-refractivity contribution is -0.132. The number of nitrogens with one attached hydrogen (secondary N) is 1. The second kappa shape index (κ2) is 8.14. The number of hydrogen-bond acceptors (Lipinski definition) is 4. The molecule has 0 radical (unpaired) electrons. The Hall–Kier alpha value is -2.11. The van der Waals surface area contributed by atoms with Gasteiger partial charge in [-0.25, -0.2) is 4.99 Å². The molecule has 1 fully saturated rings. The molecule has 1 aliphatic rings. The molecule has 0 unspecified atom stereocenters. The van der Waals surface area contributed by atoms with Gasteiger partial charge in [-0.05, 0) is 12.8 Å².